The predicted molar refractivity (Wildman–Crippen MR) is 96.3 cm³/mol. The molecule has 4 heteroatoms. The first kappa shape index (κ1) is 17.4. The second-order valence-electron chi connectivity index (χ2n) is 7.62. The summed E-state index contributed by atoms with van der Waals surface area (Å²) in [5, 5.41) is 3.24. The second-order valence-corrected chi connectivity index (χ2v) is 7.62. The van der Waals surface area contributed by atoms with Crippen LogP contribution in [0, 0.1) is 19.8 Å². The summed E-state index contributed by atoms with van der Waals surface area (Å²) in [5.74, 6) is 0.795. The van der Waals surface area contributed by atoms with E-state index < -0.39 is 0 Å². The van der Waals surface area contributed by atoms with Crippen LogP contribution in [0.5, 0.6) is 0 Å². The molecule has 24 heavy (non-hydrogen) atoms. The molecule has 0 unspecified atom stereocenters. The maximum atomic E-state index is 12.8. The van der Waals surface area contributed by atoms with E-state index in [4.69, 9.17) is 4.74 Å². The van der Waals surface area contributed by atoms with Crippen molar-refractivity contribution in [2.24, 2.45) is 5.92 Å². The molecule has 3 rings (SSSR count). The number of carbonyl (C=O) groups excluding carboxylic acids is 1. The highest BCUT2D eigenvalue weighted by molar-refractivity contribution is 5.91. The number of hydrogen-bond donors (Lipinski definition) is 1. The molecule has 4 nitrogen and oxygen atoms in total. The average molecular weight is 330 g/mol. The Kier molecular flexibility index (Phi) is 5.26. The van der Waals surface area contributed by atoms with Gasteiger partial charge < -0.3 is 15.0 Å². The number of benzene rings is 1. The monoisotopic (exact) mass is 330 g/mol. The second kappa shape index (κ2) is 7.24. The highest BCUT2D eigenvalue weighted by Gasteiger charge is 2.51. The highest BCUT2D eigenvalue weighted by atomic mass is 16.5. The quantitative estimate of drug-likeness (QED) is 0.835. The Morgan fingerprint density at radius 2 is 2.00 bits per heavy atom. The maximum absolute atomic E-state index is 12.8. The number of likely N-dealkylation sites (tertiary alicyclic amines) is 1. The summed E-state index contributed by atoms with van der Waals surface area (Å²) in [6, 6.07) is 6.54. The molecule has 1 aromatic rings. The standard InChI is InChI=1S/C20H30N2O2/c1-15-10-16(2)12-18(11-15)20(5-6-20)19(23)21-13-17-4-7-22(14-17)8-9-24-3/h10-12,17H,4-9,13-14H2,1-3H3,(H,21,23)/t17-/m0/s1. The SMILES string of the molecule is COCCN1CC[C@@H](CNC(=O)C2(c3cc(C)cc(C)c3)CC2)C1. The summed E-state index contributed by atoms with van der Waals surface area (Å²) in [5.41, 5.74) is 3.43. The first-order chi connectivity index (χ1) is 11.5. The Balaban J connectivity index is 1.54. The van der Waals surface area contributed by atoms with E-state index in [2.05, 4.69) is 42.3 Å². The number of carbonyl (C=O) groups is 1. The third kappa shape index (κ3) is 3.81. The Labute approximate surface area is 145 Å². The normalized spacial score (nSPS) is 22.5. The van der Waals surface area contributed by atoms with Crippen molar-refractivity contribution in [2.75, 3.05) is 39.9 Å². The number of ether oxygens (including phenoxy) is 1. The number of methoxy groups -OCH3 is 1. The number of nitrogens with zero attached hydrogens (tertiary/aromatic N) is 1. The molecular formula is C20H30N2O2. The van der Waals surface area contributed by atoms with Crippen LogP contribution >= 0.6 is 0 Å². The molecule has 0 radical (unpaired) electrons. The minimum absolute atomic E-state index is 0.225. The van der Waals surface area contributed by atoms with Gasteiger partial charge in [-0.25, -0.2) is 0 Å². The van der Waals surface area contributed by atoms with Crippen LogP contribution in [0.1, 0.15) is 36.0 Å². The van der Waals surface area contributed by atoms with E-state index in [1.165, 1.54) is 23.1 Å². The van der Waals surface area contributed by atoms with Crippen molar-refractivity contribution in [3.05, 3.63) is 34.9 Å². The van der Waals surface area contributed by atoms with Crippen molar-refractivity contribution >= 4 is 5.91 Å². The van der Waals surface area contributed by atoms with E-state index in [0.29, 0.717) is 5.92 Å². The average Bonchev–Trinajstić information content (AvgIpc) is 3.24. The van der Waals surface area contributed by atoms with E-state index in [1.54, 1.807) is 7.11 Å². The van der Waals surface area contributed by atoms with E-state index in [9.17, 15) is 4.79 Å². The minimum Gasteiger partial charge on any atom is -0.383 e. The minimum atomic E-state index is -0.259. The molecular weight excluding hydrogens is 300 g/mol. The van der Waals surface area contributed by atoms with Crippen LogP contribution in [0.4, 0.5) is 0 Å². The molecule has 1 amide bonds. The predicted octanol–water partition coefficient (Wildman–Crippen LogP) is 2.42. The van der Waals surface area contributed by atoms with Gasteiger partial charge in [-0.3, -0.25) is 4.79 Å². The fraction of sp³-hybridized carbons (Fsp3) is 0.650. The number of aryl methyl sites for hydroxylation is 2. The fourth-order valence-electron chi connectivity index (χ4n) is 3.93. The summed E-state index contributed by atoms with van der Waals surface area (Å²) in [4.78, 5) is 15.2. The summed E-state index contributed by atoms with van der Waals surface area (Å²) in [6.45, 7) is 8.98. The van der Waals surface area contributed by atoms with Gasteiger partial charge in [0.2, 0.25) is 5.91 Å². The molecule has 1 atom stereocenters. The Hall–Kier alpha value is -1.39. The zero-order valence-electron chi connectivity index (χ0n) is 15.2. The van der Waals surface area contributed by atoms with Crippen molar-refractivity contribution in [2.45, 2.75) is 38.5 Å². The summed E-state index contributed by atoms with van der Waals surface area (Å²) < 4.78 is 5.15. The summed E-state index contributed by atoms with van der Waals surface area (Å²) >= 11 is 0. The molecule has 132 valence electrons. The number of amides is 1. The van der Waals surface area contributed by atoms with Gasteiger partial charge in [0.1, 0.15) is 0 Å². The number of nitrogens with one attached hydrogen (secondary N) is 1. The van der Waals surface area contributed by atoms with Gasteiger partial charge in [0.15, 0.2) is 0 Å². The lowest BCUT2D eigenvalue weighted by atomic mass is 9.92. The molecule has 2 fully saturated rings. The van der Waals surface area contributed by atoms with Gasteiger partial charge in [-0.1, -0.05) is 29.3 Å². The largest absolute Gasteiger partial charge is 0.383 e. The molecule has 1 saturated carbocycles. The third-order valence-corrected chi connectivity index (χ3v) is 5.49. The number of rotatable bonds is 7. The maximum Gasteiger partial charge on any atom is 0.230 e. The molecule has 1 N–H and O–H groups in total. The lowest BCUT2D eigenvalue weighted by Gasteiger charge is -2.19. The molecule has 1 heterocycles. The Bertz CT molecular complexity index is 575. The van der Waals surface area contributed by atoms with E-state index in [0.717, 1.165) is 45.6 Å². The topological polar surface area (TPSA) is 41.6 Å². The molecule has 1 aromatic carbocycles. The lowest BCUT2D eigenvalue weighted by Crippen LogP contribution is -2.38. The van der Waals surface area contributed by atoms with Crippen molar-refractivity contribution in [3.8, 4) is 0 Å². The van der Waals surface area contributed by atoms with Gasteiger partial charge in [0.05, 0.1) is 12.0 Å². The Morgan fingerprint density at radius 3 is 2.62 bits per heavy atom. The zero-order chi connectivity index (χ0) is 17.2. The lowest BCUT2D eigenvalue weighted by molar-refractivity contribution is -0.123. The van der Waals surface area contributed by atoms with E-state index >= 15 is 0 Å². The summed E-state index contributed by atoms with van der Waals surface area (Å²) in [7, 11) is 1.75. The van der Waals surface area contributed by atoms with Crippen molar-refractivity contribution in [1.82, 2.24) is 10.2 Å². The number of hydrogen-bond acceptors (Lipinski definition) is 3. The third-order valence-electron chi connectivity index (χ3n) is 5.49. The van der Waals surface area contributed by atoms with E-state index in [-0.39, 0.29) is 11.3 Å². The van der Waals surface area contributed by atoms with Crippen LogP contribution in [0.15, 0.2) is 18.2 Å². The Morgan fingerprint density at radius 1 is 1.29 bits per heavy atom. The van der Waals surface area contributed by atoms with Gasteiger partial charge in [0, 0.05) is 26.7 Å². The van der Waals surface area contributed by atoms with Crippen LogP contribution in [-0.2, 0) is 14.9 Å². The fourth-order valence-corrected chi connectivity index (χ4v) is 3.93. The summed E-state index contributed by atoms with van der Waals surface area (Å²) in [6.07, 6.45) is 3.12. The van der Waals surface area contributed by atoms with Gasteiger partial charge in [0.25, 0.3) is 0 Å². The van der Waals surface area contributed by atoms with Crippen LogP contribution in [0.2, 0.25) is 0 Å². The molecule has 0 aromatic heterocycles. The first-order valence-corrected chi connectivity index (χ1v) is 9.12. The first-order valence-electron chi connectivity index (χ1n) is 9.12. The molecule has 0 spiro atoms. The van der Waals surface area contributed by atoms with Gasteiger partial charge >= 0.3 is 0 Å². The van der Waals surface area contributed by atoms with Crippen molar-refractivity contribution in [3.63, 3.8) is 0 Å². The molecule has 0 bridgehead atoms. The molecule has 1 aliphatic carbocycles. The van der Waals surface area contributed by atoms with Crippen LogP contribution in [-0.4, -0.2) is 50.7 Å². The van der Waals surface area contributed by atoms with Crippen LogP contribution in [0.25, 0.3) is 0 Å². The molecule has 1 saturated heterocycles. The highest BCUT2D eigenvalue weighted by Crippen LogP contribution is 2.48. The zero-order valence-corrected chi connectivity index (χ0v) is 15.2. The van der Waals surface area contributed by atoms with Crippen molar-refractivity contribution < 1.29 is 9.53 Å². The van der Waals surface area contributed by atoms with Crippen LogP contribution < -0.4 is 5.32 Å². The smallest absolute Gasteiger partial charge is 0.230 e. The van der Waals surface area contributed by atoms with Gasteiger partial charge in [-0.2, -0.15) is 0 Å². The van der Waals surface area contributed by atoms with Crippen LogP contribution in [0.3, 0.4) is 0 Å². The van der Waals surface area contributed by atoms with Crippen molar-refractivity contribution in [1.29, 1.82) is 0 Å². The molecule has 1 aliphatic heterocycles. The van der Waals surface area contributed by atoms with E-state index in [1.807, 2.05) is 0 Å². The van der Waals surface area contributed by atoms with Gasteiger partial charge in [-0.15, -0.1) is 0 Å². The molecule has 2 aliphatic rings. The van der Waals surface area contributed by atoms with Gasteiger partial charge in [-0.05, 0) is 51.1 Å².